The largest absolute Gasteiger partial charge is 0.378 e. The van der Waals surface area contributed by atoms with E-state index in [-0.39, 0.29) is 11.8 Å². The van der Waals surface area contributed by atoms with Crippen molar-refractivity contribution in [3.05, 3.63) is 48.3 Å². The van der Waals surface area contributed by atoms with Crippen LogP contribution in [0.2, 0.25) is 0 Å². The molecule has 22 heavy (non-hydrogen) atoms. The predicted molar refractivity (Wildman–Crippen MR) is 83.3 cm³/mol. The average molecular weight is 297 g/mol. The van der Waals surface area contributed by atoms with Crippen molar-refractivity contribution >= 4 is 5.91 Å². The summed E-state index contributed by atoms with van der Waals surface area (Å²) in [5, 5.41) is 0. The van der Waals surface area contributed by atoms with Crippen LogP contribution in [0.1, 0.15) is 18.4 Å². The van der Waals surface area contributed by atoms with Crippen LogP contribution in [0.15, 0.2) is 42.7 Å². The number of aromatic nitrogens is 2. The summed E-state index contributed by atoms with van der Waals surface area (Å²) >= 11 is 0. The van der Waals surface area contributed by atoms with Crippen molar-refractivity contribution in [3.63, 3.8) is 0 Å². The van der Waals surface area contributed by atoms with Crippen LogP contribution in [0.5, 0.6) is 0 Å². The number of hydrogen-bond donors (Lipinski definition) is 0. The summed E-state index contributed by atoms with van der Waals surface area (Å²) in [5.41, 5.74) is 1.92. The second-order valence-electron chi connectivity index (χ2n) is 5.36. The number of amides is 1. The predicted octanol–water partition coefficient (Wildman–Crippen LogP) is 2.11. The number of ether oxygens (including phenoxy) is 1. The molecule has 1 aromatic heterocycles. The van der Waals surface area contributed by atoms with Crippen LogP contribution in [-0.2, 0) is 9.53 Å². The van der Waals surface area contributed by atoms with E-state index in [9.17, 15) is 4.79 Å². The van der Waals surface area contributed by atoms with Gasteiger partial charge < -0.3 is 9.64 Å². The molecule has 1 amide bonds. The molecule has 2 heterocycles. The number of hydrogen-bond acceptors (Lipinski definition) is 4. The first kappa shape index (κ1) is 14.7. The molecule has 0 N–H and O–H groups in total. The number of morpholine rings is 1. The average Bonchev–Trinajstić information content (AvgIpc) is 2.62. The Hall–Kier alpha value is -2.27. The Morgan fingerprint density at radius 1 is 1.18 bits per heavy atom. The molecule has 1 fully saturated rings. The minimum atomic E-state index is -0.179. The van der Waals surface area contributed by atoms with Crippen LogP contribution in [0.4, 0.5) is 0 Å². The first-order valence-corrected chi connectivity index (χ1v) is 7.49. The van der Waals surface area contributed by atoms with Gasteiger partial charge in [-0.15, -0.1) is 0 Å². The molecule has 2 aromatic rings. The smallest absolute Gasteiger partial charge is 0.229 e. The van der Waals surface area contributed by atoms with Gasteiger partial charge in [0.25, 0.3) is 0 Å². The molecule has 114 valence electrons. The van der Waals surface area contributed by atoms with Gasteiger partial charge in [0.2, 0.25) is 5.91 Å². The number of rotatable bonds is 3. The topological polar surface area (TPSA) is 55.3 Å². The molecule has 1 aliphatic heterocycles. The van der Waals surface area contributed by atoms with Crippen molar-refractivity contribution in [2.45, 2.75) is 12.8 Å². The molecule has 5 nitrogen and oxygen atoms in total. The lowest BCUT2D eigenvalue weighted by Crippen LogP contribution is -2.42. The molecule has 0 saturated carbocycles. The van der Waals surface area contributed by atoms with Gasteiger partial charge in [-0.3, -0.25) is 4.79 Å². The summed E-state index contributed by atoms with van der Waals surface area (Å²) in [6, 6.07) is 9.68. The fourth-order valence-corrected chi connectivity index (χ4v) is 2.60. The molecule has 0 bridgehead atoms. The molecule has 0 spiro atoms. The highest BCUT2D eigenvalue weighted by Gasteiger charge is 2.23. The first-order chi connectivity index (χ1) is 10.8. The van der Waals surface area contributed by atoms with E-state index in [0.29, 0.717) is 32.1 Å². The molecule has 0 radical (unpaired) electrons. The Bertz CT molecular complexity index is 639. The van der Waals surface area contributed by atoms with Crippen LogP contribution >= 0.6 is 0 Å². The number of benzene rings is 1. The molecule has 3 rings (SSSR count). The highest BCUT2D eigenvalue weighted by molar-refractivity contribution is 5.83. The van der Waals surface area contributed by atoms with Gasteiger partial charge in [-0.1, -0.05) is 18.2 Å². The van der Waals surface area contributed by atoms with Gasteiger partial charge in [-0.05, 0) is 24.6 Å². The first-order valence-electron chi connectivity index (χ1n) is 7.49. The minimum absolute atomic E-state index is 0.148. The van der Waals surface area contributed by atoms with Gasteiger partial charge >= 0.3 is 0 Å². The van der Waals surface area contributed by atoms with Crippen LogP contribution in [0, 0.1) is 0 Å². The number of carbonyl (C=O) groups is 1. The highest BCUT2D eigenvalue weighted by atomic mass is 16.5. The van der Waals surface area contributed by atoms with Gasteiger partial charge in [0.05, 0.1) is 19.1 Å². The monoisotopic (exact) mass is 297 g/mol. The van der Waals surface area contributed by atoms with E-state index >= 15 is 0 Å². The fraction of sp³-hybridized carbons (Fsp3) is 0.353. The summed E-state index contributed by atoms with van der Waals surface area (Å²) in [6.45, 7) is 4.53. The van der Waals surface area contributed by atoms with E-state index in [0.717, 1.165) is 11.1 Å². The molecule has 0 aliphatic carbocycles. The molecular formula is C17H19N3O2. The Labute approximate surface area is 130 Å². The van der Waals surface area contributed by atoms with Crippen molar-refractivity contribution < 1.29 is 9.53 Å². The van der Waals surface area contributed by atoms with Crippen molar-refractivity contribution in [1.82, 2.24) is 14.9 Å². The van der Waals surface area contributed by atoms with Crippen LogP contribution in [0.25, 0.3) is 11.4 Å². The van der Waals surface area contributed by atoms with Crippen molar-refractivity contribution in [3.8, 4) is 11.4 Å². The van der Waals surface area contributed by atoms with Gasteiger partial charge in [0, 0.05) is 31.0 Å². The maximum Gasteiger partial charge on any atom is 0.229 e. The van der Waals surface area contributed by atoms with E-state index in [1.807, 2.05) is 36.1 Å². The second-order valence-corrected chi connectivity index (χ2v) is 5.36. The van der Waals surface area contributed by atoms with Gasteiger partial charge in [0.1, 0.15) is 0 Å². The molecule has 1 atom stereocenters. The highest BCUT2D eigenvalue weighted by Crippen LogP contribution is 2.23. The second kappa shape index (κ2) is 6.66. The summed E-state index contributed by atoms with van der Waals surface area (Å²) in [6.07, 6.45) is 3.44. The Morgan fingerprint density at radius 3 is 2.64 bits per heavy atom. The maximum atomic E-state index is 12.6. The van der Waals surface area contributed by atoms with Gasteiger partial charge in [0.15, 0.2) is 5.82 Å². The summed E-state index contributed by atoms with van der Waals surface area (Å²) in [5.74, 6) is 0.645. The third-order valence-electron chi connectivity index (χ3n) is 3.90. The number of carbonyl (C=O) groups excluding carboxylic acids is 1. The molecule has 0 unspecified atom stereocenters. The minimum Gasteiger partial charge on any atom is -0.378 e. The normalized spacial score (nSPS) is 16.3. The third-order valence-corrected chi connectivity index (χ3v) is 3.90. The van der Waals surface area contributed by atoms with E-state index in [4.69, 9.17) is 4.74 Å². The lowest BCUT2D eigenvalue weighted by molar-refractivity contribution is -0.136. The van der Waals surface area contributed by atoms with Crippen LogP contribution in [-0.4, -0.2) is 47.1 Å². The van der Waals surface area contributed by atoms with Gasteiger partial charge in [-0.2, -0.15) is 0 Å². The van der Waals surface area contributed by atoms with Crippen LogP contribution in [0.3, 0.4) is 0 Å². The van der Waals surface area contributed by atoms with Crippen molar-refractivity contribution in [2.75, 3.05) is 26.3 Å². The van der Waals surface area contributed by atoms with E-state index in [1.165, 1.54) is 0 Å². The quantitative estimate of drug-likeness (QED) is 0.870. The van der Waals surface area contributed by atoms with Crippen molar-refractivity contribution in [1.29, 1.82) is 0 Å². The van der Waals surface area contributed by atoms with E-state index < -0.39 is 0 Å². The molecular weight excluding hydrogens is 278 g/mol. The zero-order valence-corrected chi connectivity index (χ0v) is 12.6. The summed E-state index contributed by atoms with van der Waals surface area (Å²) < 4.78 is 5.30. The maximum absolute atomic E-state index is 12.6. The zero-order chi connectivity index (χ0) is 15.4. The van der Waals surface area contributed by atoms with Gasteiger partial charge in [-0.25, -0.2) is 9.97 Å². The molecule has 5 heteroatoms. The fourth-order valence-electron chi connectivity index (χ4n) is 2.60. The third kappa shape index (κ3) is 3.14. The number of nitrogens with zero attached hydrogens (tertiary/aromatic N) is 3. The Balaban J connectivity index is 1.80. The zero-order valence-electron chi connectivity index (χ0n) is 12.6. The van der Waals surface area contributed by atoms with Crippen LogP contribution < -0.4 is 0 Å². The SMILES string of the molecule is C[C@H](C(=O)N1CCOCC1)c1cccc(-c2ncccn2)c1. The summed E-state index contributed by atoms with van der Waals surface area (Å²) in [4.78, 5) is 23.0. The molecule has 1 aromatic carbocycles. The van der Waals surface area contributed by atoms with E-state index in [2.05, 4.69) is 9.97 Å². The van der Waals surface area contributed by atoms with Crippen molar-refractivity contribution in [2.24, 2.45) is 0 Å². The Morgan fingerprint density at radius 2 is 1.91 bits per heavy atom. The molecule has 1 aliphatic rings. The lowest BCUT2D eigenvalue weighted by atomic mass is 9.97. The Kier molecular flexibility index (Phi) is 4.44. The lowest BCUT2D eigenvalue weighted by Gasteiger charge is -2.29. The standard InChI is InChI=1S/C17H19N3O2/c1-13(17(21)20-8-10-22-11-9-20)14-4-2-5-15(12-14)16-18-6-3-7-19-16/h2-7,12-13H,8-11H2,1H3/t13-/m0/s1. The van der Waals surface area contributed by atoms with E-state index in [1.54, 1.807) is 18.5 Å². The molecule has 1 saturated heterocycles. The summed E-state index contributed by atoms with van der Waals surface area (Å²) in [7, 11) is 0.